The Hall–Kier alpha value is -3.78. The van der Waals surface area contributed by atoms with E-state index in [9.17, 15) is 0 Å². The summed E-state index contributed by atoms with van der Waals surface area (Å²) in [5.74, 6) is 1.57. The minimum atomic E-state index is 0.783. The van der Waals surface area contributed by atoms with E-state index in [-0.39, 0.29) is 0 Å². The molecule has 0 unspecified atom stereocenters. The van der Waals surface area contributed by atoms with E-state index in [4.69, 9.17) is 9.47 Å². The van der Waals surface area contributed by atoms with Crippen LogP contribution < -0.4 is 9.47 Å². The lowest BCUT2D eigenvalue weighted by molar-refractivity contribution is 0.362. The summed E-state index contributed by atoms with van der Waals surface area (Å²) in [5.41, 5.74) is 0. The zero-order valence-corrected chi connectivity index (χ0v) is 16.9. The molecule has 0 amide bonds. The highest BCUT2D eigenvalue weighted by atomic mass is 16.5. The minimum absolute atomic E-state index is 0.783. The molecule has 0 radical (unpaired) electrons. The lowest BCUT2D eigenvalue weighted by atomic mass is 9.89. The minimum Gasteiger partial charge on any atom is -0.492 e. The summed E-state index contributed by atoms with van der Waals surface area (Å²) in [4.78, 5) is 0. The average Bonchev–Trinajstić information content (AvgIpc) is 2.81. The molecular formula is C28H20O2. The van der Waals surface area contributed by atoms with Gasteiger partial charge >= 0.3 is 0 Å². The van der Waals surface area contributed by atoms with E-state index in [1.807, 2.05) is 0 Å². The number of fused-ring (bicyclic) bond motifs is 9. The molecular weight excluding hydrogens is 368 g/mol. The number of rotatable bonds is 2. The van der Waals surface area contributed by atoms with Gasteiger partial charge in [0.1, 0.15) is 0 Å². The number of methoxy groups -OCH3 is 2. The third-order valence-corrected chi connectivity index (χ3v) is 6.19. The summed E-state index contributed by atoms with van der Waals surface area (Å²) in [6, 6.07) is 30.2. The van der Waals surface area contributed by atoms with E-state index in [1.54, 1.807) is 14.2 Å². The zero-order valence-electron chi connectivity index (χ0n) is 16.9. The van der Waals surface area contributed by atoms with Crippen molar-refractivity contribution in [3.63, 3.8) is 0 Å². The van der Waals surface area contributed by atoms with Gasteiger partial charge in [-0.25, -0.2) is 0 Å². The van der Waals surface area contributed by atoms with Crippen molar-refractivity contribution in [2.24, 2.45) is 0 Å². The fraction of sp³-hybridized carbons (Fsp3) is 0.0714. The number of benzene rings is 6. The van der Waals surface area contributed by atoms with Crippen LogP contribution in [-0.2, 0) is 0 Å². The van der Waals surface area contributed by atoms with Gasteiger partial charge in [-0.2, -0.15) is 0 Å². The Morgan fingerprint density at radius 1 is 0.400 bits per heavy atom. The van der Waals surface area contributed by atoms with Crippen LogP contribution in [-0.4, -0.2) is 14.2 Å². The van der Waals surface area contributed by atoms with Crippen molar-refractivity contribution in [3.8, 4) is 11.5 Å². The van der Waals surface area contributed by atoms with Crippen molar-refractivity contribution in [1.29, 1.82) is 0 Å². The molecule has 2 nitrogen and oxygen atoms in total. The van der Waals surface area contributed by atoms with Gasteiger partial charge in [0.2, 0.25) is 0 Å². The van der Waals surface area contributed by atoms with Crippen molar-refractivity contribution in [1.82, 2.24) is 0 Å². The lowest BCUT2D eigenvalue weighted by Gasteiger charge is -2.19. The van der Waals surface area contributed by atoms with Gasteiger partial charge in [-0.05, 0) is 44.5 Å². The molecule has 30 heavy (non-hydrogen) atoms. The third kappa shape index (κ3) is 2.19. The Morgan fingerprint density at radius 3 is 1.50 bits per heavy atom. The zero-order chi connectivity index (χ0) is 20.2. The summed E-state index contributed by atoms with van der Waals surface area (Å²) in [6.07, 6.45) is 0. The predicted molar refractivity (Wildman–Crippen MR) is 127 cm³/mol. The molecule has 6 aromatic carbocycles. The van der Waals surface area contributed by atoms with Crippen LogP contribution in [0.2, 0.25) is 0 Å². The van der Waals surface area contributed by atoms with Crippen molar-refractivity contribution in [3.05, 3.63) is 84.9 Å². The average molecular weight is 388 g/mol. The van der Waals surface area contributed by atoms with E-state index < -0.39 is 0 Å². The van der Waals surface area contributed by atoms with Crippen LogP contribution >= 0.6 is 0 Å². The molecule has 6 aromatic rings. The molecule has 0 aliphatic heterocycles. The third-order valence-electron chi connectivity index (χ3n) is 6.19. The van der Waals surface area contributed by atoms with E-state index in [2.05, 4.69) is 84.9 Å². The summed E-state index contributed by atoms with van der Waals surface area (Å²) >= 11 is 0. The smallest absolute Gasteiger partial charge is 0.169 e. The molecule has 0 saturated carbocycles. The molecule has 0 heterocycles. The Bertz CT molecular complexity index is 1610. The number of hydrogen-bond acceptors (Lipinski definition) is 2. The van der Waals surface area contributed by atoms with E-state index >= 15 is 0 Å². The largest absolute Gasteiger partial charge is 0.492 e. The maximum Gasteiger partial charge on any atom is 0.169 e. The quantitative estimate of drug-likeness (QED) is 0.286. The van der Waals surface area contributed by atoms with Crippen LogP contribution in [0.5, 0.6) is 11.5 Å². The van der Waals surface area contributed by atoms with E-state index in [0.717, 1.165) is 22.3 Å². The highest BCUT2D eigenvalue weighted by Gasteiger charge is 2.20. The molecule has 0 aliphatic carbocycles. The SMILES string of the molecule is COc1c(OC)c2ccc3ccc4ccccc4c3c2c2c1ccc1ccccc12. The molecule has 0 saturated heterocycles. The monoisotopic (exact) mass is 388 g/mol. The first-order chi connectivity index (χ1) is 14.8. The van der Waals surface area contributed by atoms with Crippen LogP contribution in [0.15, 0.2) is 84.9 Å². The lowest BCUT2D eigenvalue weighted by Crippen LogP contribution is -1.95. The number of ether oxygens (including phenoxy) is 2. The molecule has 2 heteroatoms. The van der Waals surface area contributed by atoms with Crippen LogP contribution in [0.3, 0.4) is 0 Å². The normalized spacial score (nSPS) is 11.7. The highest BCUT2D eigenvalue weighted by molar-refractivity contribution is 6.34. The molecule has 6 rings (SSSR count). The van der Waals surface area contributed by atoms with Crippen LogP contribution in [0, 0.1) is 0 Å². The molecule has 0 spiro atoms. The van der Waals surface area contributed by atoms with Gasteiger partial charge in [0, 0.05) is 21.5 Å². The topological polar surface area (TPSA) is 18.5 Å². The van der Waals surface area contributed by atoms with Crippen LogP contribution in [0.1, 0.15) is 0 Å². The summed E-state index contributed by atoms with van der Waals surface area (Å²) in [7, 11) is 3.44. The van der Waals surface area contributed by atoms with Crippen molar-refractivity contribution in [2.75, 3.05) is 14.2 Å². The van der Waals surface area contributed by atoms with Crippen LogP contribution in [0.25, 0.3) is 53.9 Å². The van der Waals surface area contributed by atoms with E-state index in [1.165, 1.54) is 43.1 Å². The summed E-state index contributed by atoms with van der Waals surface area (Å²) < 4.78 is 11.8. The molecule has 0 bridgehead atoms. The van der Waals surface area contributed by atoms with Crippen molar-refractivity contribution >= 4 is 53.9 Å². The first kappa shape index (κ1) is 17.1. The van der Waals surface area contributed by atoms with E-state index in [0.29, 0.717) is 0 Å². The Morgan fingerprint density at radius 2 is 0.867 bits per heavy atom. The molecule has 0 aromatic heterocycles. The van der Waals surface area contributed by atoms with Gasteiger partial charge in [0.25, 0.3) is 0 Å². The van der Waals surface area contributed by atoms with Crippen molar-refractivity contribution in [2.45, 2.75) is 0 Å². The van der Waals surface area contributed by atoms with Crippen molar-refractivity contribution < 1.29 is 9.47 Å². The predicted octanol–water partition coefficient (Wildman–Crippen LogP) is 7.47. The number of hydrogen-bond donors (Lipinski definition) is 0. The van der Waals surface area contributed by atoms with Gasteiger partial charge < -0.3 is 9.47 Å². The summed E-state index contributed by atoms with van der Waals surface area (Å²) in [5, 5.41) is 12.0. The summed E-state index contributed by atoms with van der Waals surface area (Å²) in [6.45, 7) is 0. The van der Waals surface area contributed by atoms with Gasteiger partial charge in [0.05, 0.1) is 14.2 Å². The first-order valence-electron chi connectivity index (χ1n) is 10.1. The van der Waals surface area contributed by atoms with Gasteiger partial charge in [-0.3, -0.25) is 0 Å². The molecule has 0 aliphatic rings. The Kier molecular flexibility index (Phi) is 3.63. The first-order valence-corrected chi connectivity index (χ1v) is 10.1. The second kappa shape index (κ2) is 6.36. The van der Waals surface area contributed by atoms with Gasteiger partial charge in [-0.1, -0.05) is 72.8 Å². The van der Waals surface area contributed by atoms with Gasteiger partial charge in [-0.15, -0.1) is 0 Å². The van der Waals surface area contributed by atoms with Gasteiger partial charge in [0.15, 0.2) is 11.5 Å². The Labute approximate surface area is 174 Å². The second-order valence-corrected chi connectivity index (χ2v) is 7.65. The fourth-order valence-electron chi connectivity index (χ4n) is 4.93. The second-order valence-electron chi connectivity index (χ2n) is 7.65. The Balaban J connectivity index is 2.05. The molecule has 0 atom stereocenters. The maximum atomic E-state index is 5.91. The maximum absolute atomic E-state index is 5.91. The molecule has 0 N–H and O–H groups in total. The molecule has 144 valence electrons. The fourth-order valence-corrected chi connectivity index (χ4v) is 4.93. The highest BCUT2D eigenvalue weighted by Crippen LogP contribution is 2.48. The molecule has 0 fully saturated rings. The standard InChI is InChI=1S/C28H20O2/c1-29-27-22-15-13-18-8-4-6-10-21(18)25(22)26-23(28(27)30-2)16-14-19-12-11-17-7-3-5-9-20(17)24(19)26/h3-16H,1-2H3. The van der Waals surface area contributed by atoms with Crippen LogP contribution in [0.4, 0.5) is 0 Å².